The highest BCUT2D eigenvalue weighted by Gasteiger charge is 2.19. The lowest BCUT2D eigenvalue weighted by Gasteiger charge is -2.20. The molecular weight excluding hydrogens is 362 g/mol. The van der Waals surface area contributed by atoms with Gasteiger partial charge in [-0.3, -0.25) is 4.79 Å². The van der Waals surface area contributed by atoms with Gasteiger partial charge in [-0.25, -0.2) is 0 Å². The third-order valence-electron chi connectivity index (χ3n) is 5.44. The van der Waals surface area contributed by atoms with Crippen molar-refractivity contribution in [2.24, 2.45) is 0 Å². The fraction of sp³-hybridized carbons (Fsp3) is 0.480. The van der Waals surface area contributed by atoms with Gasteiger partial charge in [0.05, 0.1) is 6.61 Å². The third kappa shape index (κ3) is 6.25. The van der Waals surface area contributed by atoms with Crippen molar-refractivity contribution in [1.29, 1.82) is 0 Å². The Hall–Kier alpha value is -2.49. The Morgan fingerprint density at radius 2 is 1.72 bits per heavy atom. The molecule has 1 N–H and O–H groups in total. The topological polar surface area (TPSA) is 47.6 Å². The molecule has 3 rings (SSSR count). The highest BCUT2D eigenvalue weighted by Crippen LogP contribution is 2.26. The summed E-state index contributed by atoms with van der Waals surface area (Å²) < 4.78 is 11.5. The Balaban J connectivity index is 1.43. The van der Waals surface area contributed by atoms with Crippen LogP contribution >= 0.6 is 0 Å². The van der Waals surface area contributed by atoms with E-state index in [4.69, 9.17) is 9.47 Å². The highest BCUT2D eigenvalue weighted by molar-refractivity contribution is 5.81. The van der Waals surface area contributed by atoms with Crippen LogP contribution in [-0.2, 0) is 24.1 Å². The molecule has 156 valence electrons. The van der Waals surface area contributed by atoms with Gasteiger partial charge in [-0.15, -0.1) is 0 Å². The van der Waals surface area contributed by atoms with Crippen LogP contribution in [0.4, 0.5) is 0 Å². The second-order valence-corrected chi connectivity index (χ2v) is 7.62. The van der Waals surface area contributed by atoms with E-state index in [1.165, 1.54) is 29.5 Å². The number of hydrogen-bond acceptors (Lipinski definition) is 3. The van der Waals surface area contributed by atoms with E-state index >= 15 is 0 Å². The van der Waals surface area contributed by atoms with Gasteiger partial charge in [0, 0.05) is 6.54 Å². The van der Waals surface area contributed by atoms with Crippen molar-refractivity contribution in [3.8, 4) is 11.5 Å². The first-order valence-corrected chi connectivity index (χ1v) is 11.0. The quantitative estimate of drug-likeness (QED) is 0.584. The van der Waals surface area contributed by atoms with E-state index in [0.717, 1.165) is 37.2 Å². The zero-order valence-electron chi connectivity index (χ0n) is 17.7. The molecule has 0 unspecified atom stereocenters. The van der Waals surface area contributed by atoms with E-state index in [2.05, 4.69) is 29.6 Å². The summed E-state index contributed by atoms with van der Waals surface area (Å²) in [6, 6.07) is 14.4. The van der Waals surface area contributed by atoms with Crippen molar-refractivity contribution in [2.75, 3.05) is 13.2 Å². The zero-order chi connectivity index (χ0) is 20.5. The van der Waals surface area contributed by atoms with Gasteiger partial charge >= 0.3 is 0 Å². The minimum atomic E-state index is -0.442. The molecule has 1 atom stereocenters. The van der Waals surface area contributed by atoms with E-state index in [-0.39, 0.29) is 5.91 Å². The molecule has 0 heterocycles. The normalized spacial score (nSPS) is 14.0. The first kappa shape index (κ1) is 21.2. The molecule has 0 fully saturated rings. The summed E-state index contributed by atoms with van der Waals surface area (Å²) in [4.78, 5) is 12.5. The lowest BCUT2D eigenvalue weighted by molar-refractivity contribution is -0.128. The van der Waals surface area contributed by atoms with Crippen molar-refractivity contribution >= 4 is 5.91 Å². The van der Waals surface area contributed by atoms with Gasteiger partial charge in [0.2, 0.25) is 0 Å². The number of aryl methyl sites for hydroxylation is 3. The number of carbonyl (C=O) groups is 1. The number of carbonyl (C=O) groups excluding carboxylic acids is 1. The molecular formula is C25H33NO3. The third-order valence-corrected chi connectivity index (χ3v) is 5.44. The molecule has 0 saturated carbocycles. The molecule has 1 amide bonds. The van der Waals surface area contributed by atoms with Crippen LogP contribution in [0.15, 0.2) is 42.5 Å². The maximum absolute atomic E-state index is 12.5. The van der Waals surface area contributed by atoms with Crippen LogP contribution in [-0.4, -0.2) is 25.2 Å². The van der Waals surface area contributed by atoms with Gasteiger partial charge in [0.25, 0.3) is 5.91 Å². The summed E-state index contributed by atoms with van der Waals surface area (Å²) >= 11 is 0. The molecule has 2 aromatic carbocycles. The smallest absolute Gasteiger partial charge is 0.261 e. The maximum atomic E-state index is 12.5. The van der Waals surface area contributed by atoms with Crippen LogP contribution in [0, 0.1) is 0 Å². The molecule has 2 aromatic rings. The molecule has 1 aliphatic rings. The molecule has 0 radical (unpaired) electrons. The van der Waals surface area contributed by atoms with Gasteiger partial charge in [-0.1, -0.05) is 25.1 Å². The number of nitrogens with one attached hydrogen (secondary N) is 1. The molecule has 1 aliphatic carbocycles. The minimum Gasteiger partial charge on any atom is -0.494 e. The number of fused-ring (bicyclic) bond motifs is 1. The second-order valence-electron chi connectivity index (χ2n) is 7.62. The van der Waals surface area contributed by atoms with Crippen molar-refractivity contribution in [1.82, 2.24) is 5.32 Å². The molecule has 0 spiro atoms. The highest BCUT2D eigenvalue weighted by atomic mass is 16.5. The van der Waals surface area contributed by atoms with E-state index in [1.807, 2.05) is 32.0 Å². The fourth-order valence-corrected chi connectivity index (χ4v) is 3.81. The standard InChI is InChI=1S/C25H33NO3/c1-3-24(29-23-16-13-20-9-5-6-10-21(20)18-23)25(27)26-17-7-8-19-11-14-22(15-12-19)28-4-2/h11-16,18,24H,3-10,17H2,1-2H3,(H,26,27)/t24-/m1/s1. The minimum absolute atomic E-state index is 0.0306. The van der Waals surface area contributed by atoms with Gasteiger partial charge in [0.15, 0.2) is 6.10 Å². The summed E-state index contributed by atoms with van der Waals surface area (Å²) in [6.07, 6.45) is 6.81. The van der Waals surface area contributed by atoms with Crippen LogP contribution in [0.2, 0.25) is 0 Å². The number of hydrogen-bond donors (Lipinski definition) is 1. The fourth-order valence-electron chi connectivity index (χ4n) is 3.81. The molecule has 4 heteroatoms. The molecule has 0 aliphatic heterocycles. The Morgan fingerprint density at radius 3 is 2.45 bits per heavy atom. The van der Waals surface area contributed by atoms with E-state index < -0.39 is 6.10 Å². The van der Waals surface area contributed by atoms with E-state index in [0.29, 0.717) is 19.6 Å². The molecule has 0 bridgehead atoms. The van der Waals surface area contributed by atoms with Crippen molar-refractivity contribution < 1.29 is 14.3 Å². The average molecular weight is 396 g/mol. The molecule has 0 aromatic heterocycles. The summed E-state index contributed by atoms with van der Waals surface area (Å²) in [5, 5.41) is 3.03. The van der Waals surface area contributed by atoms with E-state index in [1.54, 1.807) is 0 Å². The SMILES string of the molecule is CCOc1ccc(CCCNC(=O)[C@@H](CC)Oc2ccc3c(c2)CCCC3)cc1. The van der Waals surface area contributed by atoms with Gasteiger partial charge in [-0.05, 0) is 92.8 Å². The maximum Gasteiger partial charge on any atom is 0.261 e. The first-order valence-electron chi connectivity index (χ1n) is 11.0. The first-order chi connectivity index (χ1) is 14.2. The summed E-state index contributed by atoms with van der Waals surface area (Å²) in [6.45, 7) is 5.30. The molecule has 4 nitrogen and oxygen atoms in total. The zero-order valence-corrected chi connectivity index (χ0v) is 17.7. The number of benzene rings is 2. The average Bonchev–Trinajstić information content (AvgIpc) is 2.76. The summed E-state index contributed by atoms with van der Waals surface area (Å²) in [5.41, 5.74) is 4.05. The monoisotopic (exact) mass is 395 g/mol. The van der Waals surface area contributed by atoms with Crippen LogP contribution < -0.4 is 14.8 Å². The van der Waals surface area contributed by atoms with Crippen LogP contribution in [0.25, 0.3) is 0 Å². The van der Waals surface area contributed by atoms with Gasteiger partial charge in [0.1, 0.15) is 11.5 Å². The predicted molar refractivity (Wildman–Crippen MR) is 117 cm³/mol. The Morgan fingerprint density at radius 1 is 1.00 bits per heavy atom. The number of rotatable bonds is 10. The second kappa shape index (κ2) is 10.9. The van der Waals surface area contributed by atoms with Crippen LogP contribution in [0.1, 0.15) is 56.2 Å². The Labute approximate surface area is 174 Å². The summed E-state index contributed by atoms with van der Waals surface area (Å²) in [5.74, 6) is 1.67. The Kier molecular flexibility index (Phi) is 7.97. The largest absolute Gasteiger partial charge is 0.494 e. The van der Waals surface area contributed by atoms with Crippen LogP contribution in [0.5, 0.6) is 11.5 Å². The lowest BCUT2D eigenvalue weighted by Crippen LogP contribution is -2.38. The van der Waals surface area contributed by atoms with Crippen LogP contribution in [0.3, 0.4) is 0 Å². The van der Waals surface area contributed by atoms with Crippen molar-refractivity contribution in [3.63, 3.8) is 0 Å². The molecule has 29 heavy (non-hydrogen) atoms. The van der Waals surface area contributed by atoms with Gasteiger partial charge < -0.3 is 14.8 Å². The summed E-state index contributed by atoms with van der Waals surface area (Å²) in [7, 11) is 0. The predicted octanol–water partition coefficient (Wildman–Crippen LogP) is 4.87. The van der Waals surface area contributed by atoms with Crippen molar-refractivity contribution in [2.45, 2.75) is 64.9 Å². The number of amides is 1. The number of ether oxygens (including phenoxy) is 2. The lowest BCUT2D eigenvalue weighted by atomic mass is 9.92. The van der Waals surface area contributed by atoms with Gasteiger partial charge in [-0.2, -0.15) is 0 Å². The van der Waals surface area contributed by atoms with Crippen molar-refractivity contribution in [3.05, 3.63) is 59.2 Å². The molecule has 0 saturated heterocycles. The Bertz CT molecular complexity index is 785. The van der Waals surface area contributed by atoms with E-state index in [9.17, 15) is 4.79 Å².